The van der Waals surface area contributed by atoms with Gasteiger partial charge in [0.1, 0.15) is 5.75 Å². The topological polar surface area (TPSA) is 33.3 Å². The molecule has 0 aliphatic carbocycles. The maximum Gasteiger partial charge on any atom is 0.119 e. The van der Waals surface area contributed by atoms with Crippen LogP contribution in [0.4, 0.5) is 5.69 Å². The number of methoxy groups -OCH3 is 1. The highest BCUT2D eigenvalue weighted by Crippen LogP contribution is 2.39. The van der Waals surface area contributed by atoms with Crippen molar-refractivity contribution >= 4 is 5.69 Å². The van der Waals surface area contributed by atoms with Gasteiger partial charge in [-0.2, -0.15) is 0 Å². The molecule has 80 valence electrons. The summed E-state index contributed by atoms with van der Waals surface area (Å²) in [4.78, 5) is 0. The van der Waals surface area contributed by atoms with Crippen LogP contribution < -0.4 is 15.4 Å². The van der Waals surface area contributed by atoms with E-state index in [9.17, 15) is 0 Å². The van der Waals surface area contributed by atoms with Crippen LogP contribution >= 0.6 is 0 Å². The lowest BCUT2D eigenvalue weighted by molar-refractivity contribution is 0.411. The molecule has 3 rings (SSSR count). The van der Waals surface area contributed by atoms with E-state index in [2.05, 4.69) is 22.8 Å². The van der Waals surface area contributed by atoms with Gasteiger partial charge in [0.05, 0.1) is 7.11 Å². The molecule has 1 aromatic carbocycles. The molecule has 0 aromatic heterocycles. The van der Waals surface area contributed by atoms with Crippen molar-refractivity contribution in [3.05, 3.63) is 23.8 Å². The fourth-order valence-corrected chi connectivity index (χ4v) is 2.66. The Morgan fingerprint density at radius 1 is 1.40 bits per heavy atom. The zero-order chi connectivity index (χ0) is 10.3. The normalized spacial score (nSPS) is 27.8. The van der Waals surface area contributed by atoms with Gasteiger partial charge in [-0.05, 0) is 36.7 Å². The Bertz CT molecular complexity index is 378. The molecule has 15 heavy (non-hydrogen) atoms. The number of hydrogen-bond acceptors (Lipinski definition) is 3. The van der Waals surface area contributed by atoms with Crippen molar-refractivity contribution < 1.29 is 4.74 Å². The van der Waals surface area contributed by atoms with Crippen LogP contribution in [0.5, 0.6) is 5.75 Å². The number of benzene rings is 1. The van der Waals surface area contributed by atoms with Gasteiger partial charge in [0, 0.05) is 24.2 Å². The number of nitrogens with one attached hydrogen (secondary N) is 2. The molecule has 1 saturated heterocycles. The predicted octanol–water partition coefficient (Wildman–Crippen LogP) is 1.57. The van der Waals surface area contributed by atoms with Gasteiger partial charge < -0.3 is 15.4 Å². The summed E-state index contributed by atoms with van der Waals surface area (Å²) < 4.78 is 5.27. The predicted molar refractivity (Wildman–Crippen MR) is 60.6 cm³/mol. The third kappa shape index (κ3) is 1.38. The summed E-state index contributed by atoms with van der Waals surface area (Å²) in [5.41, 5.74) is 2.70. The number of piperidine rings is 1. The van der Waals surface area contributed by atoms with Crippen LogP contribution in [-0.2, 0) is 0 Å². The van der Waals surface area contributed by atoms with E-state index < -0.39 is 0 Å². The van der Waals surface area contributed by atoms with Crippen LogP contribution in [0, 0.1) is 0 Å². The minimum Gasteiger partial charge on any atom is -0.497 e. The van der Waals surface area contributed by atoms with Crippen molar-refractivity contribution in [2.45, 2.75) is 18.4 Å². The van der Waals surface area contributed by atoms with E-state index >= 15 is 0 Å². The maximum absolute atomic E-state index is 5.27. The number of fused-ring (bicyclic) bond motifs is 3. The molecule has 0 bridgehead atoms. The van der Waals surface area contributed by atoms with Gasteiger partial charge >= 0.3 is 0 Å². The molecule has 0 spiro atoms. The highest BCUT2D eigenvalue weighted by molar-refractivity contribution is 5.62. The average molecular weight is 204 g/mol. The third-order valence-electron chi connectivity index (χ3n) is 3.48. The first-order valence-electron chi connectivity index (χ1n) is 5.53. The van der Waals surface area contributed by atoms with Crippen molar-refractivity contribution in [3.8, 4) is 5.75 Å². The van der Waals surface area contributed by atoms with Crippen molar-refractivity contribution in [2.24, 2.45) is 0 Å². The number of rotatable bonds is 1. The summed E-state index contributed by atoms with van der Waals surface area (Å²) >= 11 is 0. The lowest BCUT2D eigenvalue weighted by Gasteiger charge is -2.26. The van der Waals surface area contributed by atoms with E-state index in [1.807, 2.05) is 6.07 Å². The Morgan fingerprint density at radius 3 is 3.20 bits per heavy atom. The zero-order valence-corrected chi connectivity index (χ0v) is 8.92. The molecule has 3 nitrogen and oxygen atoms in total. The molecule has 2 N–H and O–H groups in total. The Balaban J connectivity index is 1.98. The molecule has 2 aliphatic heterocycles. The fraction of sp³-hybridized carbons (Fsp3) is 0.500. The lowest BCUT2D eigenvalue weighted by atomic mass is 9.90. The first-order chi connectivity index (χ1) is 7.38. The molecule has 1 aromatic rings. The van der Waals surface area contributed by atoms with Gasteiger partial charge in [-0.1, -0.05) is 0 Å². The van der Waals surface area contributed by atoms with Gasteiger partial charge in [-0.25, -0.2) is 0 Å². The number of hydrogen-bond donors (Lipinski definition) is 2. The fourth-order valence-electron chi connectivity index (χ4n) is 2.66. The van der Waals surface area contributed by atoms with Crippen LogP contribution in [0.1, 0.15) is 17.9 Å². The second kappa shape index (κ2) is 3.42. The summed E-state index contributed by atoms with van der Waals surface area (Å²) in [5.74, 6) is 1.57. The summed E-state index contributed by atoms with van der Waals surface area (Å²) in [6.45, 7) is 2.21. The Hall–Kier alpha value is -1.22. The molecular formula is C12H16N2O. The Morgan fingerprint density at radius 2 is 2.33 bits per heavy atom. The summed E-state index contributed by atoms with van der Waals surface area (Å²) in [6, 6.07) is 6.94. The summed E-state index contributed by atoms with van der Waals surface area (Å²) in [6.07, 6.45) is 1.21. The van der Waals surface area contributed by atoms with Crippen LogP contribution in [0.2, 0.25) is 0 Å². The lowest BCUT2D eigenvalue weighted by Crippen LogP contribution is -2.38. The highest BCUT2D eigenvalue weighted by Gasteiger charge is 2.33. The number of ether oxygens (including phenoxy) is 1. The second-order valence-corrected chi connectivity index (χ2v) is 4.30. The first-order valence-corrected chi connectivity index (χ1v) is 5.53. The SMILES string of the molecule is COc1ccc2c(c1)[C@@H]1CNCC[C@H]1N2. The average Bonchev–Trinajstić information content (AvgIpc) is 2.66. The first kappa shape index (κ1) is 9.04. The second-order valence-electron chi connectivity index (χ2n) is 4.30. The smallest absolute Gasteiger partial charge is 0.119 e. The molecule has 0 radical (unpaired) electrons. The summed E-state index contributed by atoms with van der Waals surface area (Å²) in [5, 5.41) is 7.05. The van der Waals surface area contributed by atoms with Crippen molar-refractivity contribution in [2.75, 3.05) is 25.5 Å². The minimum absolute atomic E-state index is 0.615. The molecular weight excluding hydrogens is 188 g/mol. The maximum atomic E-state index is 5.27. The van der Waals surface area contributed by atoms with Crippen molar-refractivity contribution in [1.29, 1.82) is 0 Å². The monoisotopic (exact) mass is 204 g/mol. The molecule has 2 aliphatic rings. The van der Waals surface area contributed by atoms with Gasteiger partial charge in [0.15, 0.2) is 0 Å². The van der Waals surface area contributed by atoms with Crippen molar-refractivity contribution in [1.82, 2.24) is 5.32 Å². The van der Waals surface area contributed by atoms with E-state index in [-0.39, 0.29) is 0 Å². The molecule has 0 unspecified atom stereocenters. The molecule has 0 saturated carbocycles. The number of anilines is 1. The molecule has 2 heterocycles. The van der Waals surface area contributed by atoms with Crippen LogP contribution in [0.15, 0.2) is 18.2 Å². The van der Waals surface area contributed by atoms with E-state index in [1.165, 1.54) is 17.7 Å². The molecule has 0 amide bonds. The molecule has 1 fully saturated rings. The zero-order valence-electron chi connectivity index (χ0n) is 8.92. The van der Waals surface area contributed by atoms with Gasteiger partial charge in [-0.3, -0.25) is 0 Å². The van der Waals surface area contributed by atoms with Gasteiger partial charge in [0.25, 0.3) is 0 Å². The highest BCUT2D eigenvalue weighted by atomic mass is 16.5. The quantitative estimate of drug-likeness (QED) is 0.728. The largest absolute Gasteiger partial charge is 0.497 e. The Labute approximate surface area is 89.8 Å². The summed E-state index contributed by atoms with van der Waals surface area (Å²) in [7, 11) is 1.72. The third-order valence-corrected chi connectivity index (χ3v) is 3.48. The van der Waals surface area contributed by atoms with E-state index in [4.69, 9.17) is 4.74 Å². The van der Waals surface area contributed by atoms with Gasteiger partial charge in [0.2, 0.25) is 0 Å². The van der Waals surface area contributed by atoms with Crippen LogP contribution in [0.3, 0.4) is 0 Å². The van der Waals surface area contributed by atoms with E-state index in [0.29, 0.717) is 12.0 Å². The molecule has 3 heteroatoms. The van der Waals surface area contributed by atoms with Crippen molar-refractivity contribution in [3.63, 3.8) is 0 Å². The van der Waals surface area contributed by atoms with Crippen LogP contribution in [0.25, 0.3) is 0 Å². The van der Waals surface area contributed by atoms with Gasteiger partial charge in [-0.15, -0.1) is 0 Å². The Kier molecular flexibility index (Phi) is 2.06. The molecule has 2 atom stereocenters. The standard InChI is InChI=1S/C12H16N2O/c1-15-8-2-3-11-9(6-8)10-7-13-5-4-12(10)14-11/h2-3,6,10,12-14H,4-5,7H2,1H3/t10-,12+/m0/s1. The van der Waals surface area contributed by atoms with Crippen LogP contribution in [-0.4, -0.2) is 26.2 Å². The van der Waals surface area contributed by atoms with E-state index in [1.54, 1.807) is 7.11 Å². The minimum atomic E-state index is 0.615. The van der Waals surface area contributed by atoms with E-state index in [0.717, 1.165) is 18.8 Å².